The first-order valence-electron chi connectivity index (χ1n) is 5.68. The summed E-state index contributed by atoms with van der Waals surface area (Å²) in [7, 11) is 1.57. The Balaban J connectivity index is 2.07. The standard InChI is InChI=1S/C13H14N4O2/c1-19-12-3-2-11(14)6-10(12)7-15-13(18)9-4-5-16-17-8-9/h2-6,8H,7,14H2,1H3,(H,15,18). The summed E-state index contributed by atoms with van der Waals surface area (Å²) in [6.07, 6.45) is 2.88. The largest absolute Gasteiger partial charge is 0.496 e. The molecule has 0 spiro atoms. The minimum Gasteiger partial charge on any atom is -0.496 e. The Kier molecular flexibility index (Phi) is 3.92. The molecule has 1 aromatic carbocycles. The fourth-order valence-corrected chi connectivity index (χ4v) is 1.64. The molecule has 0 aliphatic heterocycles. The van der Waals surface area contributed by atoms with E-state index in [4.69, 9.17) is 10.5 Å². The van der Waals surface area contributed by atoms with Crippen LogP contribution in [0.15, 0.2) is 36.7 Å². The van der Waals surface area contributed by atoms with Crippen LogP contribution in [0.1, 0.15) is 15.9 Å². The third-order valence-corrected chi connectivity index (χ3v) is 2.59. The van der Waals surface area contributed by atoms with Crippen LogP contribution in [0.2, 0.25) is 0 Å². The lowest BCUT2D eigenvalue weighted by Gasteiger charge is -2.10. The topological polar surface area (TPSA) is 90.1 Å². The van der Waals surface area contributed by atoms with Gasteiger partial charge in [-0.3, -0.25) is 4.79 Å². The van der Waals surface area contributed by atoms with Crippen molar-refractivity contribution >= 4 is 11.6 Å². The predicted octanol–water partition coefficient (Wildman–Crippen LogP) is 0.997. The second-order valence-corrected chi connectivity index (χ2v) is 3.89. The zero-order chi connectivity index (χ0) is 13.7. The SMILES string of the molecule is COc1ccc(N)cc1CNC(=O)c1ccnnc1. The van der Waals surface area contributed by atoms with Gasteiger partial charge in [0.25, 0.3) is 5.91 Å². The lowest BCUT2D eigenvalue weighted by molar-refractivity contribution is 0.0950. The number of ether oxygens (including phenoxy) is 1. The molecule has 6 heteroatoms. The number of amides is 1. The van der Waals surface area contributed by atoms with Crippen molar-refractivity contribution in [1.29, 1.82) is 0 Å². The minimum absolute atomic E-state index is 0.223. The van der Waals surface area contributed by atoms with E-state index in [-0.39, 0.29) is 5.91 Å². The van der Waals surface area contributed by atoms with Gasteiger partial charge < -0.3 is 15.8 Å². The normalized spacial score (nSPS) is 9.95. The summed E-state index contributed by atoms with van der Waals surface area (Å²) >= 11 is 0. The van der Waals surface area contributed by atoms with Gasteiger partial charge in [-0.15, -0.1) is 0 Å². The summed E-state index contributed by atoms with van der Waals surface area (Å²) in [5.41, 5.74) is 7.61. The number of nitrogens with zero attached hydrogens (tertiary/aromatic N) is 2. The number of benzene rings is 1. The minimum atomic E-state index is -0.223. The predicted molar refractivity (Wildman–Crippen MR) is 70.6 cm³/mol. The number of hydrogen-bond donors (Lipinski definition) is 2. The molecule has 98 valence electrons. The molecule has 1 amide bonds. The van der Waals surface area contributed by atoms with Crippen LogP contribution >= 0.6 is 0 Å². The van der Waals surface area contributed by atoms with Crippen molar-refractivity contribution in [3.05, 3.63) is 47.8 Å². The molecule has 0 bridgehead atoms. The first-order valence-corrected chi connectivity index (χ1v) is 5.68. The number of rotatable bonds is 4. The second kappa shape index (κ2) is 5.81. The average molecular weight is 258 g/mol. The Bertz CT molecular complexity index is 572. The second-order valence-electron chi connectivity index (χ2n) is 3.89. The van der Waals surface area contributed by atoms with Gasteiger partial charge in [-0.25, -0.2) is 0 Å². The van der Waals surface area contributed by atoms with E-state index < -0.39 is 0 Å². The van der Waals surface area contributed by atoms with Gasteiger partial charge in [-0.1, -0.05) is 0 Å². The molecule has 0 unspecified atom stereocenters. The summed E-state index contributed by atoms with van der Waals surface area (Å²) in [6, 6.07) is 6.88. The highest BCUT2D eigenvalue weighted by molar-refractivity contribution is 5.93. The Morgan fingerprint density at radius 2 is 2.21 bits per heavy atom. The molecule has 0 aliphatic rings. The molecular formula is C13H14N4O2. The molecule has 0 saturated carbocycles. The molecule has 0 saturated heterocycles. The lowest BCUT2D eigenvalue weighted by Crippen LogP contribution is -2.23. The maximum atomic E-state index is 11.9. The number of anilines is 1. The zero-order valence-electron chi connectivity index (χ0n) is 10.5. The van der Waals surface area contributed by atoms with Gasteiger partial charge in [-0.2, -0.15) is 10.2 Å². The van der Waals surface area contributed by atoms with Crippen LogP contribution in [-0.4, -0.2) is 23.2 Å². The van der Waals surface area contributed by atoms with Gasteiger partial charge in [0.2, 0.25) is 0 Å². The quantitative estimate of drug-likeness (QED) is 0.798. The molecule has 0 radical (unpaired) electrons. The van der Waals surface area contributed by atoms with Crippen molar-refractivity contribution < 1.29 is 9.53 Å². The van der Waals surface area contributed by atoms with Crippen molar-refractivity contribution in [2.45, 2.75) is 6.54 Å². The fourth-order valence-electron chi connectivity index (χ4n) is 1.64. The third-order valence-electron chi connectivity index (χ3n) is 2.59. The number of carbonyl (C=O) groups excluding carboxylic acids is 1. The van der Waals surface area contributed by atoms with E-state index in [0.29, 0.717) is 23.5 Å². The van der Waals surface area contributed by atoms with Crippen molar-refractivity contribution in [3.63, 3.8) is 0 Å². The molecule has 0 fully saturated rings. The first kappa shape index (κ1) is 12.8. The number of aromatic nitrogens is 2. The molecule has 1 heterocycles. The highest BCUT2D eigenvalue weighted by Crippen LogP contribution is 2.20. The highest BCUT2D eigenvalue weighted by atomic mass is 16.5. The van der Waals surface area contributed by atoms with Crippen LogP contribution < -0.4 is 15.8 Å². The Labute approximate surface area is 110 Å². The van der Waals surface area contributed by atoms with E-state index in [2.05, 4.69) is 15.5 Å². The van der Waals surface area contributed by atoms with E-state index >= 15 is 0 Å². The maximum Gasteiger partial charge on any atom is 0.253 e. The molecule has 2 aromatic rings. The van der Waals surface area contributed by atoms with Gasteiger partial charge in [-0.05, 0) is 24.3 Å². The maximum absolute atomic E-state index is 11.9. The number of hydrogen-bond acceptors (Lipinski definition) is 5. The van der Waals surface area contributed by atoms with Crippen molar-refractivity contribution in [3.8, 4) is 5.75 Å². The summed E-state index contributed by atoms with van der Waals surface area (Å²) in [6.45, 7) is 0.329. The monoisotopic (exact) mass is 258 g/mol. The number of nitrogens with one attached hydrogen (secondary N) is 1. The molecule has 1 aromatic heterocycles. The third kappa shape index (κ3) is 3.19. The summed E-state index contributed by atoms with van der Waals surface area (Å²) in [5.74, 6) is 0.460. The van der Waals surface area contributed by atoms with E-state index in [1.165, 1.54) is 12.4 Å². The van der Waals surface area contributed by atoms with Gasteiger partial charge in [0.1, 0.15) is 5.75 Å². The molecule has 19 heavy (non-hydrogen) atoms. The number of methoxy groups -OCH3 is 1. The molecule has 2 rings (SSSR count). The Morgan fingerprint density at radius 1 is 1.37 bits per heavy atom. The Morgan fingerprint density at radius 3 is 2.89 bits per heavy atom. The van der Waals surface area contributed by atoms with Crippen LogP contribution in [0.3, 0.4) is 0 Å². The lowest BCUT2D eigenvalue weighted by atomic mass is 10.1. The fraction of sp³-hybridized carbons (Fsp3) is 0.154. The van der Waals surface area contributed by atoms with Crippen LogP contribution in [0.5, 0.6) is 5.75 Å². The van der Waals surface area contributed by atoms with Crippen LogP contribution in [-0.2, 0) is 6.54 Å². The molecule has 6 nitrogen and oxygen atoms in total. The van der Waals surface area contributed by atoms with Gasteiger partial charge in [0.15, 0.2) is 0 Å². The Hall–Kier alpha value is -2.63. The molecular weight excluding hydrogens is 244 g/mol. The molecule has 0 atom stereocenters. The van der Waals surface area contributed by atoms with E-state index in [9.17, 15) is 4.79 Å². The van der Waals surface area contributed by atoms with Crippen LogP contribution in [0.4, 0.5) is 5.69 Å². The van der Waals surface area contributed by atoms with E-state index in [1.807, 2.05) is 0 Å². The van der Waals surface area contributed by atoms with Crippen LogP contribution in [0, 0.1) is 0 Å². The van der Waals surface area contributed by atoms with E-state index in [0.717, 1.165) is 5.56 Å². The van der Waals surface area contributed by atoms with Gasteiger partial charge in [0.05, 0.1) is 25.1 Å². The number of nitrogen functional groups attached to an aromatic ring is 1. The molecule has 0 aliphatic carbocycles. The number of carbonyl (C=O) groups is 1. The first-order chi connectivity index (χ1) is 9.20. The highest BCUT2D eigenvalue weighted by Gasteiger charge is 2.08. The van der Waals surface area contributed by atoms with E-state index in [1.54, 1.807) is 31.4 Å². The summed E-state index contributed by atoms with van der Waals surface area (Å²) < 4.78 is 5.21. The van der Waals surface area contributed by atoms with Gasteiger partial charge in [0, 0.05) is 17.8 Å². The van der Waals surface area contributed by atoms with Crippen LogP contribution in [0.25, 0.3) is 0 Å². The van der Waals surface area contributed by atoms with Gasteiger partial charge >= 0.3 is 0 Å². The summed E-state index contributed by atoms with van der Waals surface area (Å²) in [4.78, 5) is 11.9. The molecule has 3 N–H and O–H groups in total. The zero-order valence-corrected chi connectivity index (χ0v) is 10.5. The van der Waals surface area contributed by atoms with Crippen molar-refractivity contribution in [2.24, 2.45) is 0 Å². The average Bonchev–Trinajstić information content (AvgIpc) is 2.46. The number of nitrogens with two attached hydrogens (primary N) is 1. The summed E-state index contributed by atoms with van der Waals surface area (Å²) in [5, 5.41) is 10.0. The van der Waals surface area contributed by atoms with Crippen molar-refractivity contribution in [1.82, 2.24) is 15.5 Å². The van der Waals surface area contributed by atoms with Crippen molar-refractivity contribution in [2.75, 3.05) is 12.8 Å². The smallest absolute Gasteiger partial charge is 0.253 e.